The molecule has 0 aromatic heterocycles. The molecule has 3 aliphatic rings. The average Bonchev–Trinajstić information content (AvgIpc) is 3.60. The average molecular weight is 478 g/mol. The van der Waals surface area contributed by atoms with Gasteiger partial charge >= 0.3 is 12.1 Å². The normalized spacial score (nSPS) is 18.9. The van der Waals surface area contributed by atoms with E-state index in [1.54, 1.807) is 0 Å². The number of carbonyl (C=O) groups excluding carboxylic acids is 2. The fourth-order valence-electron chi connectivity index (χ4n) is 5.19. The molecule has 2 fully saturated rings. The van der Waals surface area contributed by atoms with Gasteiger partial charge in [0, 0.05) is 31.6 Å². The fraction of sp³-hybridized carbons (Fsp3) is 0.444. The topological polar surface area (TPSA) is 108 Å². The molecule has 0 atom stereocenters. The number of hydrogen-bond acceptors (Lipinski definition) is 5. The predicted molar refractivity (Wildman–Crippen MR) is 130 cm³/mol. The highest BCUT2D eigenvalue weighted by Crippen LogP contribution is 2.45. The second-order valence-corrected chi connectivity index (χ2v) is 9.88. The summed E-state index contributed by atoms with van der Waals surface area (Å²) in [6.07, 6.45) is 2.30. The molecule has 2 aromatic rings. The molecule has 2 aromatic carbocycles. The lowest BCUT2D eigenvalue weighted by molar-refractivity contribution is -0.143. The third-order valence-corrected chi connectivity index (χ3v) is 7.55. The van der Waals surface area contributed by atoms with E-state index in [4.69, 9.17) is 4.74 Å². The third-order valence-electron chi connectivity index (χ3n) is 7.55. The summed E-state index contributed by atoms with van der Waals surface area (Å²) in [5.74, 6) is -0.956. The summed E-state index contributed by atoms with van der Waals surface area (Å²) in [4.78, 5) is 38.0. The Balaban J connectivity index is 1.05. The lowest BCUT2D eigenvalue weighted by atomic mass is 9.98. The molecule has 0 unspecified atom stereocenters. The maximum absolute atomic E-state index is 12.5. The molecule has 2 aliphatic carbocycles. The molecule has 3 N–H and O–H groups in total. The molecule has 184 valence electrons. The van der Waals surface area contributed by atoms with Crippen LogP contribution < -0.4 is 10.6 Å². The van der Waals surface area contributed by atoms with E-state index in [-0.39, 0.29) is 37.6 Å². The van der Waals surface area contributed by atoms with Gasteiger partial charge < -0.3 is 20.5 Å². The van der Waals surface area contributed by atoms with Crippen LogP contribution in [0.1, 0.15) is 42.7 Å². The minimum Gasteiger partial charge on any atom is -0.481 e. The van der Waals surface area contributed by atoms with Crippen molar-refractivity contribution < 1.29 is 24.2 Å². The number of aliphatic carboxylic acids is 1. The number of hydrogen-bond donors (Lipinski definition) is 3. The van der Waals surface area contributed by atoms with E-state index in [2.05, 4.69) is 34.9 Å². The van der Waals surface area contributed by atoms with Gasteiger partial charge in [0.05, 0.1) is 12.0 Å². The van der Waals surface area contributed by atoms with Gasteiger partial charge in [-0.15, -0.1) is 0 Å². The summed E-state index contributed by atoms with van der Waals surface area (Å²) in [6.45, 7) is 2.10. The van der Waals surface area contributed by atoms with Crippen molar-refractivity contribution in [3.63, 3.8) is 0 Å². The number of carboxylic acids is 1. The van der Waals surface area contributed by atoms with E-state index in [1.807, 2.05) is 29.2 Å². The Morgan fingerprint density at radius 1 is 0.971 bits per heavy atom. The largest absolute Gasteiger partial charge is 0.481 e. The van der Waals surface area contributed by atoms with Crippen LogP contribution in [0.25, 0.3) is 11.1 Å². The molecule has 5 rings (SSSR count). The molecule has 0 radical (unpaired) electrons. The maximum atomic E-state index is 12.5. The summed E-state index contributed by atoms with van der Waals surface area (Å²) >= 11 is 0. The first-order chi connectivity index (χ1) is 16.9. The number of carbonyl (C=O) groups is 3. The van der Waals surface area contributed by atoms with Gasteiger partial charge in [0.25, 0.3) is 0 Å². The summed E-state index contributed by atoms with van der Waals surface area (Å²) < 4.78 is 5.65. The predicted octanol–water partition coefficient (Wildman–Crippen LogP) is 2.97. The zero-order valence-electron chi connectivity index (χ0n) is 19.7. The lowest BCUT2D eigenvalue weighted by Gasteiger charge is -2.31. The Bertz CT molecular complexity index is 1080. The van der Waals surface area contributed by atoms with Crippen molar-refractivity contribution in [1.29, 1.82) is 0 Å². The fourth-order valence-corrected chi connectivity index (χ4v) is 5.19. The van der Waals surface area contributed by atoms with Crippen molar-refractivity contribution in [2.75, 3.05) is 32.8 Å². The minimum atomic E-state index is -0.835. The quantitative estimate of drug-likeness (QED) is 0.540. The van der Waals surface area contributed by atoms with Gasteiger partial charge in [-0.1, -0.05) is 48.5 Å². The van der Waals surface area contributed by atoms with Crippen molar-refractivity contribution in [1.82, 2.24) is 15.5 Å². The Morgan fingerprint density at radius 2 is 1.57 bits per heavy atom. The van der Waals surface area contributed by atoms with Crippen molar-refractivity contribution in [2.24, 2.45) is 5.41 Å². The highest BCUT2D eigenvalue weighted by molar-refractivity contribution is 5.82. The first-order valence-electron chi connectivity index (χ1n) is 12.3. The molecule has 2 amide bonds. The number of carboxylic acid groups (broad SMARTS) is 1. The molecule has 1 saturated heterocycles. The Labute approximate surface area is 204 Å². The van der Waals surface area contributed by atoms with Crippen LogP contribution in [0.2, 0.25) is 0 Å². The molecule has 8 nitrogen and oxygen atoms in total. The van der Waals surface area contributed by atoms with Crippen LogP contribution >= 0.6 is 0 Å². The van der Waals surface area contributed by atoms with Crippen molar-refractivity contribution in [3.8, 4) is 11.1 Å². The Kier molecular flexibility index (Phi) is 6.47. The molecule has 1 aliphatic heterocycles. The van der Waals surface area contributed by atoms with Crippen LogP contribution in [-0.4, -0.2) is 66.8 Å². The number of nitrogens with one attached hydrogen (secondary N) is 2. The third kappa shape index (κ3) is 5.03. The highest BCUT2D eigenvalue weighted by atomic mass is 16.5. The van der Waals surface area contributed by atoms with Gasteiger partial charge in [-0.2, -0.15) is 0 Å². The molecule has 35 heavy (non-hydrogen) atoms. The smallest absolute Gasteiger partial charge is 0.407 e. The summed E-state index contributed by atoms with van der Waals surface area (Å²) in [6, 6.07) is 16.5. The standard InChI is InChI=1S/C27H31N3O5/c31-24(28-17-27(11-12-27)25(32)33)15-30-13-9-18(10-14-30)29-26(34)35-16-23-21-7-3-1-5-19(21)20-6-2-4-8-22(20)23/h1-8,18,23H,9-17H2,(H,28,31)(H,29,34)(H,32,33). The van der Waals surface area contributed by atoms with Gasteiger partial charge in [-0.3, -0.25) is 14.5 Å². The lowest BCUT2D eigenvalue weighted by Crippen LogP contribution is -2.48. The first kappa shape index (κ1) is 23.4. The van der Waals surface area contributed by atoms with Crippen LogP contribution in [-0.2, 0) is 14.3 Å². The second-order valence-electron chi connectivity index (χ2n) is 9.88. The molecule has 1 heterocycles. The van der Waals surface area contributed by atoms with Gasteiger partial charge in [0.15, 0.2) is 0 Å². The summed E-state index contributed by atoms with van der Waals surface area (Å²) in [5.41, 5.74) is 4.01. The molecular formula is C27H31N3O5. The molecular weight excluding hydrogens is 446 g/mol. The summed E-state index contributed by atoms with van der Waals surface area (Å²) in [7, 11) is 0. The van der Waals surface area contributed by atoms with Crippen LogP contribution in [0.3, 0.4) is 0 Å². The summed E-state index contributed by atoms with van der Waals surface area (Å²) in [5, 5.41) is 15.0. The second kappa shape index (κ2) is 9.70. The zero-order valence-corrected chi connectivity index (χ0v) is 19.7. The molecule has 1 saturated carbocycles. The van der Waals surface area contributed by atoms with E-state index in [1.165, 1.54) is 22.3 Å². The number of rotatable bonds is 8. The number of amides is 2. The van der Waals surface area contributed by atoms with E-state index < -0.39 is 17.5 Å². The van der Waals surface area contributed by atoms with Crippen molar-refractivity contribution in [3.05, 3.63) is 59.7 Å². The van der Waals surface area contributed by atoms with Gasteiger partial charge in [0.2, 0.25) is 5.91 Å². The minimum absolute atomic E-state index is 0.00621. The molecule has 8 heteroatoms. The van der Waals surface area contributed by atoms with Crippen LogP contribution in [0.4, 0.5) is 4.79 Å². The van der Waals surface area contributed by atoms with E-state index >= 15 is 0 Å². The Morgan fingerprint density at radius 3 is 2.14 bits per heavy atom. The molecule has 0 bridgehead atoms. The van der Waals surface area contributed by atoms with Crippen molar-refractivity contribution >= 4 is 18.0 Å². The number of nitrogens with zero attached hydrogens (tertiary/aromatic N) is 1. The maximum Gasteiger partial charge on any atom is 0.407 e. The number of fused-ring (bicyclic) bond motifs is 3. The zero-order chi connectivity index (χ0) is 24.4. The molecule has 0 spiro atoms. The van der Waals surface area contributed by atoms with Gasteiger partial charge in [-0.05, 0) is 47.9 Å². The highest BCUT2D eigenvalue weighted by Gasteiger charge is 2.50. The monoisotopic (exact) mass is 477 g/mol. The first-order valence-corrected chi connectivity index (χ1v) is 12.3. The van der Waals surface area contributed by atoms with Crippen LogP contribution in [0.15, 0.2) is 48.5 Å². The SMILES string of the molecule is O=C(CN1CCC(NC(=O)OCC2c3ccccc3-c3ccccc32)CC1)NCC1(C(=O)O)CC1. The van der Waals surface area contributed by atoms with Crippen molar-refractivity contribution in [2.45, 2.75) is 37.6 Å². The van der Waals surface area contributed by atoms with Crippen LogP contribution in [0.5, 0.6) is 0 Å². The van der Waals surface area contributed by atoms with Gasteiger partial charge in [-0.25, -0.2) is 4.79 Å². The van der Waals surface area contributed by atoms with E-state index in [0.29, 0.717) is 25.9 Å². The van der Waals surface area contributed by atoms with Gasteiger partial charge in [0.1, 0.15) is 6.61 Å². The van der Waals surface area contributed by atoms with E-state index in [0.717, 1.165) is 12.8 Å². The number of ether oxygens (including phenoxy) is 1. The van der Waals surface area contributed by atoms with E-state index in [9.17, 15) is 19.5 Å². The Hall–Kier alpha value is -3.39. The number of likely N-dealkylation sites (tertiary alicyclic amines) is 1. The van der Waals surface area contributed by atoms with Crippen LogP contribution in [0, 0.1) is 5.41 Å². The number of piperidine rings is 1. The number of alkyl carbamates (subject to hydrolysis) is 1. The number of benzene rings is 2.